The third kappa shape index (κ3) is 3.21. The van der Waals surface area contributed by atoms with Gasteiger partial charge in [-0.25, -0.2) is 9.18 Å². The summed E-state index contributed by atoms with van der Waals surface area (Å²) in [5, 5.41) is 0. The fourth-order valence-corrected chi connectivity index (χ4v) is 1.68. The Hall–Kier alpha value is -1.54. The first-order valence-corrected chi connectivity index (χ1v) is 5.49. The number of hydrogen-bond donors (Lipinski definition) is 0. The van der Waals surface area contributed by atoms with Crippen LogP contribution < -0.4 is 4.74 Å². The SMILES string of the molecule is C#Cc1cc(F)c(OC(C)C(=O)OC)c(Br)c1. The van der Waals surface area contributed by atoms with E-state index in [1.165, 1.54) is 20.1 Å². The summed E-state index contributed by atoms with van der Waals surface area (Å²) in [5.41, 5.74) is 0.382. The van der Waals surface area contributed by atoms with Crippen LogP contribution in [0.15, 0.2) is 16.6 Å². The van der Waals surface area contributed by atoms with Crippen molar-refractivity contribution >= 4 is 21.9 Å². The quantitative estimate of drug-likeness (QED) is 0.635. The molecule has 0 radical (unpaired) electrons. The lowest BCUT2D eigenvalue weighted by Crippen LogP contribution is -2.25. The zero-order chi connectivity index (χ0) is 13.0. The van der Waals surface area contributed by atoms with Gasteiger partial charge in [0.25, 0.3) is 0 Å². The lowest BCUT2D eigenvalue weighted by Gasteiger charge is -2.14. The first-order chi connectivity index (χ1) is 7.99. The lowest BCUT2D eigenvalue weighted by molar-refractivity contribution is -0.148. The van der Waals surface area contributed by atoms with Crippen LogP contribution in [-0.2, 0) is 9.53 Å². The molecule has 0 amide bonds. The van der Waals surface area contributed by atoms with Crippen LogP contribution in [0, 0.1) is 18.2 Å². The molecule has 0 aliphatic carbocycles. The largest absolute Gasteiger partial charge is 0.475 e. The van der Waals surface area contributed by atoms with Crippen LogP contribution in [0.25, 0.3) is 0 Å². The molecule has 1 rings (SSSR count). The number of halogens is 2. The van der Waals surface area contributed by atoms with E-state index in [1.54, 1.807) is 0 Å². The van der Waals surface area contributed by atoms with Crippen molar-refractivity contribution in [1.82, 2.24) is 0 Å². The normalized spacial score (nSPS) is 11.5. The third-order valence-electron chi connectivity index (χ3n) is 1.99. The molecule has 5 heteroatoms. The fraction of sp³-hybridized carbons (Fsp3) is 0.250. The second kappa shape index (κ2) is 5.69. The average Bonchev–Trinajstić information content (AvgIpc) is 2.31. The molecule has 0 bridgehead atoms. The Morgan fingerprint density at radius 1 is 1.59 bits per heavy atom. The van der Waals surface area contributed by atoms with E-state index in [0.29, 0.717) is 10.0 Å². The second-order valence-electron chi connectivity index (χ2n) is 3.20. The molecule has 0 spiro atoms. The van der Waals surface area contributed by atoms with Crippen LogP contribution in [0.2, 0.25) is 0 Å². The molecule has 1 aromatic rings. The third-order valence-corrected chi connectivity index (χ3v) is 2.58. The van der Waals surface area contributed by atoms with Gasteiger partial charge in [0, 0.05) is 5.56 Å². The summed E-state index contributed by atoms with van der Waals surface area (Å²) in [6.45, 7) is 1.47. The Morgan fingerprint density at radius 2 is 2.24 bits per heavy atom. The number of terminal acetylenes is 1. The van der Waals surface area contributed by atoms with Crippen molar-refractivity contribution in [1.29, 1.82) is 0 Å². The van der Waals surface area contributed by atoms with Crippen molar-refractivity contribution < 1.29 is 18.7 Å². The van der Waals surface area contributed by atoms with Crippen molar-refractivity contribution in [3.63, 3.8) is 0 Å². The monoisotopic (exact) mass is 300 g/mol. The van der Waals surface area contributed by atoms with Crippen molar-refractivity contribution in [2.24, 2.45) is 0 Å². The smallest absolute Gasteiger partial charge is 0.346 e. The number of carbonyl (C=O) groups excluding carboxylic acids is 1. The molecule has 0 saturated heterocycles. The molecule has 0 fully saturated rings. The van der Waals surface area contributed by atoms with Gasteiger partial charge in [-0.1, -0.05) is 5.92 Å². The predicted octanol–water partition coefficient (Wildman–Crippen LogP) is 2.51. The van der Waals surface area contributed by atoms with E-state index in [-0.39, 0.29) is 5.75 Å². The molecule has 0 saturated carbocycles. The van der Waals surface area contributed by atoms with E-state index in [2.05, 4.69) is 26.6 Å². The number of carbonyl (C=O) groups is 1. The molecule has 1 aromatic carbocycles. The maximum Gasteiger partial charge on any atom is 0.346 e. The molecule has 1 atom stereocenters. The van der Waals surface area contributed by atoms with Gasteiger partial charge in [-0.15, -0.1) is 6.42 Å². The maximum absolute atomic E-state index is 13.6. The van der Waals surface area contributed by atoms with Crippen molar-refractivity contribution in [3.05, 3.63) is 28.0 Å². The molecule has 1 unspecified atom stereocenters. The highest BCUT2D eigenvalue weighted by molar-refractivity contribution is 9.10. The Balaban J connectivity index is 3.00. The van der Waals surface area contributed by atoms with E-state index in [0.717, 1.165) is 6.07 Å². The summed E-state index contributed by atoms with van der Waals surface area (Å²) in [5.74, 6) is 1.02. The molecule has 0 aromatic heterocycles. The number of benzene rings is 1. The van der Waals surface area contributed by atoms with Crippen LogP contribution in [-0.4, -0.2) is 19.2 Å². The predicted molar refractivity (Wildman–Crippen MR) is 64.1 cm³/mol. The highest BCUT2D eigenvalue weighted by atomic mass is 79.9. The molecular weight excluding hydrogens is 291 g/mol. The van der Waals surface area contributed by atoms with Gasteiger partial charge in [0.05, 0.1) is 11.6 Å². The molecule has 0 aliphatic heterocycles. The molecule has 0 heterocycles. The number of hydrogen-bond acceptors (Lipinski definition) is 3. The first-order valence-electron chi connectivity index (χ1n) is 4.69. The molecule has 3 nitrogen and oxygen atoms in total. The maximum atomic E-state index is 13.6. The highest BCUT2D eigenvalue weighted by Crippen LogP contribution is 2.30. The lowest BCUT2D eigenvalue weighted by atomic mass is 10.2. The summed E-state index contributed by atoms with van der Waals surface area (Å²) >= 11 is 3.13. The number of ether oxygens (including phenoxy) is 2. The summed E-state index contributed by atoms with van der Waals surface area (Å²) in [7, 11) is 1.23. The summed E-state index contributed by atoms with van der Waals surface area (Å²) in [4.78, 5) is 11.1. The Kier molecular flexibility index (Phi) is 4.53. The standard InChI is InChI=1S/C12H10BrFO3/c1-4-8-5-9(13)11(10(14)6-8)17-7(2)12(15)16-3/h1,5-7H,2-3H3. The average molecular weight is 301 g/mol. The zero-order valence-electron chi connectivity index (χ0n) is 9.29. The van der Waals surface area contributed by atoms with Crippen LogP contribution in [0.5, 0.6) is 5.75 Å². The Bertz CT molecular complexity index is 456. The minimum Gasteiger partial charge on any atom is -0.475 e. The summed E-state index contributed by atoms with van der Waals surface area (Å²) in [6, 6.07) is 2.69. The van der Waals surface area contributed by atoms with Crippen molar-refractivity contribution in [2.75, 3.05) is 7.11 Å². The zero-order valence-corrected chi connectivity index (χ0v) is 10.9. The van der Waals surface area contributed by atoms with Gasteiger partial charge in [0.1, 0.15) is 0 Å². The van der Waals surface area contributed by atoms with Gasteiger partial charge in [0.15, 0.2) is 17.7 Å². The van der Waals surface area contributed by atoms with Crippen molar-refractivity contribution in [2.45, 2.75) is 13.0 Å². The van der Waals surface area contributed by atoms with Gasteiger partial charge in [-0.3, -0.25) is 0 Å². The minimum atomic E-state index is -0.900. The van der Waals surface area contributed by atoms with Gasteiger partial charge in [-0.05, 0) is 35.0 Å². The molecular formula is C12H10BrFO3. The number of rotatable bonds is 3. The number of methoxy groups -OCH3 is 1. The topological polar surface area (TPSA) is 35.5 Å². The van der Waals surface area contributed by atoms with Crippen LogP contribution in [0.4, 0.5) is 4.39 Å². The van der Waals surface area contributed by atoms with E-state index < -0.39 is 17.9 Å². The number of esters is 1. The Morgan fingerprint density at radius 3 is 2.71 bits per heavy atom. The minimum absolute atomic E-state index is 0.0677. The molecule has 90 valence electrons. The van der Waals surface area contributed by atoms with E-state index in [4.69, 9.17) is 11.2 Å². The van der Waals surface area contributed by atoms with Gasteiger partial charge in [0.2, 0.25) is 0 Å². The second-order valence-corrected chi connectivity index (χ2v) is 4.05. The highest BCUT2D eigenvalue weighted by Gasteiger charge is 2.19. The Labute approximate surface area is 107 Å². The molecule has 0 aliphatic rings. The summed E-state index contributed by atoms with van der Waals surface area (Å²) in [6.07, 6.45) is 4.26. The van der Waals surface area contributed by atoms with Crippen LogP contribution >= 0.6 is 15.9 Å². The van der Waals surface area contributed by atoms with Crippen molar-refractivity contribution in [3.8, 4) is 18.1 Å². The van der Waals surface area contributed by atoms with Gasteiger partial charge >= 0.3 is 5.97 Å². The summed E-state index contributed by atoms with van der Waals surface area (Å²) < 4.78 is 23.6. The fourth-order valence-electron chi connectivity index (χ4n) is 1.15. The van der Waals surface area contributed by atoms with Gasteiger partial charge < -0.3 is 9.47 Å². The molecule has 0 N–H and O–H groups in total. The molecule has 17 heavy (non-hydrogen) atoms. The van der Waals surface area contributed by atoms with E-state index >= 15 is 0 Å². The first kappa shape index (κ1) is 13.5. The van der Waals surface area contributed by atoms with E-state index in [1.807, 2.05) is 0 Å². The van der Waals surface area contributed by atoms with Gasteiger partial charge in [-0.2, -0.15) is 0 Å². The van der Waals surface area contributed by atoms with E-state index in [9.17, 15) is 9.18 Å². The van der Waals surface area contributed by atoms with Crippen LogP contribution in [0.3, 0.4) is 0 Å². The van der Waals surface area contributed by atoms with Crippen LogP contribution in [0.1, 0.15) is 12.5 Å².